The molecule has 0 saturated carbocycles. The molecule has 2 aromatic carbocycles. The van der Waals surface area contributed by atoms with Crippen LogP contribution in [-0.2, 0) is 22.1 Å². The van der Waals surface area contributed by atoms with Crippen LogP contribution in [0.15, 0.2) is 42.5 Å². The van der Waals surface area contributed by atoms with Gasteiger partial charge in [-0.2, -0.15) is 13.2 Å². The Hall–Kier alpha value is -3.14. The molecule has 2 aromatic rings. The number of hydrogen-bond donors (Lipinski definition) is 0. The Morgan fingerprint density at radius 3 is 2.37 bits per heavy atom. The smallest absolute Gasteiger partial charge is 0.416 e. The van der Waals surface area contributed by atoms with Crippen molar-refractivity contribution in [3.8, 4) is 0 Å². The van der Waals surface area contributed by atoms with Gasteiger partial charge in [0, 0.05) is 51.5 Å². The molecule has 7 nitrogen and oxygen atoms in total. The maximum absolute atomic E-state index is 13.9. The van der Waals surface area contributed by atoms with Crippen LogP contribution < -0.4 is 9.80 Å². The highest BCUT2D eigenvalue weighted by atomic mass is 35.5. The zero-order chi connectivity index (χ0) is 27.0. The van der Waals surface area contributed by atoms with Gasteiger partial charge in [0.05, 0.1) is 34.8 Å². The number of carbonyl (C=O) groups is 2. The largest absolute Gasteiger partial charge is 0.450 e. The second-order valence-corrected chi connectivity index (χ2v) is 10.2. The number of ether oxygens (including phenoxy) is 1. The summed E-state index contributed by atoms with van der Waals surface area (Å²) >= 11 is 6.48. The summed E-state index contributed by atoms with van der Waals surface area (Å²) in [5.41, 5.74) is 1.45. The standard InChI is InChI=1S/C27H30ClF3N4O3/c1-2-38-26(37)33-11-9-32(10-12-33)25(36)20-16-18-15-19(27(29,30)31)7-8-22(18)35-14-13-34(17-24(20)35)23-6-4-3-5-21(23)28/h3-8,15,20,24H,2,9-14,16-17H2,1H3. The predicted molar refractivity (Wildman–Crippen MR) is 139 cm³/mol. The van der Waals surface area contributed by atoms with Crippen LogP contribution in [0.5, 0.6) is 0 Å². The third-order valence-corrected chi connectivity index (χ3v) is 7.99. The molecule has 2 saturated heterocycles. The Morgan fingerprint density at radius 2 is 1.68 bits per heavy atom. The number of para-hydroxylation sites is 1. The average molecular weight is 551 g/mol. The molecule has 2 atom stereocenters. The van der Waals surface area contributed by atoms with Gasteiger partial charge in [-0.05, 0) is 49.2 Å². The Bertz CT molecular complexity index is 1200. The molecule has 2 unspecified atom stereocenters. The van der Waals surface area contributed by atoms with Crippen molar-refractivity contribution in [2.45, 2.75) is 25.6 Å². The fourth-order valence-corrected chi connectivity index (χ4v) is 6.02. The highest BCUT2D eigenvalue weighted by Crippen LogP contribution is 2.41. The van der Waals surface area contributed by atoms with Crippen molar-refractivity contribution in [2.24, 2.45) is 5.92 Å². The van der Waals surface area contributed by atoms with Gasteiger partial charge in [-0.25, -0.2) is 4.79 Å². The fraction of sp³-hybridized carbons (Fsp3) is 0.481. The Morgan fingerprint density at radius 1 is 0.974 bits per heavy atom. The molecule has 0 aromatic heterocycles. The number of carbonyl (C=O) groups excluding carboxylic acids is 2. The van der Waals surface area contributed by atoms with Crippen LogP contribution in [-0.4, -0.2) is 80.3 Å². The molecule has 0 aliphatic carbocycles. The number of benzene rings is 2. The van der Waals surface area contributed by atoms with Crippen molar-refractivity contribution >= 4 is 35.0 Å². The van der Waals surface area contributed by atoms with Crippen LogP contribution in [0.1, 0.15) is 18.1 Å². The van der Waals surface area contributed by atoms with Crippen LogP contribution >= 0.6 is 11.6 Å². The van der Waals surface area contributed by atoms with E-state index in [2.05, 4.69) is 9.80 Å². The summed E-state index contributed by atoms with van der Waals surface area (Å²) in [7, 11) is 0. The van der Waals surface area contributed by atoms with E-state index in [0.29, 0.717) is 56.4 Å². The van der Waals surface area contributed by atoms with Gasteiger partial charge in [-0.3, -0.25) is 4.79 Å². The number of amides is 2. The van der Waals surface area contributed by atoms with Gasteiger partial charge >= 0.3 is 12.3 Å². The van der Waals surface area contributed by atoms with Crippen molar-refractivity contribution in [2.75, 3.05) is 62.2 Å². The van der Waals surface area contributed by atoms with E-state index in [-0.39, 0.29) is 25.0 Å². The number of nitrogens with zero attached hydrogens (tertiary/aromatic N) is 4. The number of fused-ring (bicyclic) bond motifs is 3. The van der Waals surface area contributed by atoms with Gasteiger partial charge in [0.15, 0.2) is 0 Å². The molecule has 0 radical (unpaired) electrons. The molecule has 2 amide bonds. The summed E-state index contributed by atoms with van der Waals surface area (Å²) in [5.74, 6) is -0.641. The summed E-state index contributed by atoms with van der Waals surface area (Å²) in [6.07, 6.45) is -4.65. The third kappa shape index (κ3) is 5.10. The zero-order valence-corrected chi connectivity index (χ0v) is 21.8. The van der Waals surface area contributed by atoms with Gasteiger partial charge in [0.2, 0.25) is 5.91 Å². The molecule has 5 rings (SSSR count). The van der Waals surface area contributed by atoms with Gasteiger partial charge in [0.1, 0.15) is 0 Å². The molecule has 204 valence electrons. The quantitative estimate of drug-likeness (QED) is 0.562. The summed E-state index contributed by atoms with van der Waals surface area (Å²) in [6, 6.07) is 11.1. The average Bonchev–Trinajstić information content (AvgIpc) is 2.91. The highest BCUT2D eigenvalue weighted by molar-refractivity contribution is 6.33. The molecule has 2 fully saturated rings. The number of anilines is 2. The van der Waals surface area contributed by atoms with Gasteiger partial charge in [-0.1, -0.05) is 23.7 Å². The number of rotatable bonds is 3. The van der Waals surface area contributed by atoms with Crippen molar-refractivity contribution in [3.63, 3.8) is 0 Å². The first kappa shape index (κ1) is 26.5. The topological polar surface area (TPSA) is 56.3 Å². The van der Waals surface area contributed by atoms with Crippen LogP contribution in [0.25, 0.3) is 0 Å². The lowest BCUT2D eigenvalue weighted by Crippen LogP contribution is -2.62. The van der Waals surface area contributed by atoms with E-state index in [1.165, 1.54) is 12.1 Å². The predicted octanol–water partition coefficient (Wildman–Crippen LogP) is 4.53. The van der Waals surface area contributed by atoms with E-state index >= 15 is 0 Å². The summed E-state index contributed by atoms with van der Waals surface area (Å²) < 4.78 is 45.6. The highest BCUT2D eigenvalue weighted by Gasteiger charge is 2.44. The molecular weight excluding hydrogens is 521 g/mol. The third-order valence-electron chi connectivity index (χ3n) is 7.67. The first-order valence-electron chi connectivity index (χ1n) is 12.8. The number of halogens is 4. The monoisotopic (exact) mass is 550 g/mol. The Balaban J connectivity index is 1.42. The van der Waals surface area contributed by atoms with Crippen molar-refractivity contribution < 1.29 is 27.5 Å². The van der Waals surface area contributed by atoms with E-state index in [0.717, 1.165) is 17.4 Å². The van der Waals surface area contributed by atoms with E-state index in [9.17, 15) is 22.8 Å². The van der Waals surface area contributed by atoms with Crippen LogP contribution in [0, 0.1) is 5.92 Å². The maximum Gasteiger partial charge on any atom is 0.416 e. The molecule has 3 heterocycles. The number of alkyl halides is 3. The Labute approximate surface area is 224 Å². The fourth-order valence-electron chi connectivity index (χ4n) is 5.77. The Kier molecular flexibility index (Phi) is 7.35. The van der Waals surface area contributed by atoms with Gasteiger partial charge in [-0.15, -0.1) is 0 Å². The zero-order valence-electron chi connectivity index (χ0n) is 21.1. The van der Waals surface area contributed by atoms with Crippen molar-refractivity contribution in [1.82, 2.24) is 9.80 Å². The lowest BCUT2D eigenvalue weighted by Gasteiger charge is -2.50. The summed E-state index contributed by atoms with van der Waals surface area (Å²) in [5, 5.41) is 0.616. The molecule has 0 bridgehead atoms. The van der Waals surface area contributed by atoms with E-state index < -0.39 is 23.8 Å². The lowest BCUT2D eigenvalue weighted by molar-refractivity contribution is -0.138. The normalized spacial score (nSPS) is 21.6. The lowest BCUT2D eigenvalue weighted by atomic mass is 9.82. The van der Waals surface area contributed by atoms with E-state index in [4.69, 9.17) is 16.3 Å². The second kappa shape index (κ2) is 10.6. The minimum Gasteiger partial charge on any atom is -0.450 e. The summed E-state index contributed by atoms with van der Waals surface area (Å²) in [6.45, 7) is 5.12. The van der Waals surface area contributed by atoms with Crippen LogP contribution in [0.4, 0.5) is 29.3 Å². The van der Waals surface area contributed by atoms with E-state index in [1.54, 1.807) is 16.7 Å². The van der Waals surface area contributed by atoms with Gasteiger partial charge < -0.3 is 24.3 Å². The second-order valence-electron chi connectivity index (χ2n) is 9.82. The molecule has 0 spiro atoms. The van der Waals surface area contributed by atoms with Crippen LogP contribution in [0.3, 0.4) is 0 Å². The van der Waals surface area contributed by atoms with E-state index in [1.807, 2.05) is 24.3 Å². The maximum atomic E-state index is 13.9. The minimum atomic E-state index is -4.46. The minimum absolute atomic E-state index is 0.104. The first-order chi connectivity index (χ1) is 18.2. The molecule has 3 aliphatic rings. The molecule has 3 aliphatic heterocycles. The van der Waals surface area contributed by atoms with Crippen molar-refractivity contribution in [3.05, 3.63) is 58.6 Å². The first-order valence-corrected chi connectivity index (χ1v) is 13.2. The summed E-state index contributed by atoms with van der Waals surface area (Å²) in [4.78, 5) is 33.5. The number of hydrogen-bond acceptors (Lipinski definition) is 5. The molecular formula is C27H30ClF3N4O3. The van der Waals surface area contributed by atoms with Crippen molar-refractivity contribution in [1.29, 1.82) is 0 Å². The molecule has 11 heteroatoms. The molecule has 0 N–H and O–H groups in total. The molecule has 38 heavy (non-hydrogen) atoms. The SMILES string of the molecule is CCOC(=O)N1CCN(C(=O)C2Cc3cc(C(F)(F)F)ccc3N3CCN(c4ccccc4Cl)CC23)CC1. The number of piperazine rings is 2. The van der Waals surface area contributed by atoms with Crippen LogP contribution in [0.2, 0.25) is 5.02 Å². The van der Waals surface area contributed by atoms with Gasteiger partial charge in [0.25, 0.3) is 0 Å².